The topological polar surface area (TPSA) is 89.8 Å². The number of nitrogens with one attached hydrogen (secondary N) is 1. The Hall–Kier alpha value is -3.66. The Balaban J connectivity index is 2.55. The number of hydrogen-bond donors (Lipinski definition) is 1. The van der Waals surface area contributed by atoms with Crippen molar-refractivity contribution in [1.82, 2.24) is 0 Å². The molecule has 0 saturated carbocycles. The van der Waals surface area contributed by atoms with Gasteiger partial charge in [-0.25, -0.2) is 4.79 Å². The van der Waals surface area contributed by atoms with E-state index in [-0.39, 0.29) is 0 Å². The van der Waals surface area contributed by atoms with Gasteiger partial charge in [0.25, 0.3) is 0 Å². The third-order valence-corrected chi connectivity index (χ3v) is 3.84. The second-order valence-corrected chi connectivity index (χ2v) is 5.29. The third-order valence-electron chi connectivity index (χ3n) is 3.84. The van der Waals surface area contributed by atoms with Crippen molar-refractivity contribution < 1.29 is 23.7 Å². The van der Waals surface area contributed by atoms with Crippen LogP contribution in [0.2, 0.25) is 0 Å². The summed E-state index contributed by atoms with van der Waals surface area (Å²) >= 11 is 0. The van der Waals surface area contributed by atoms with Crippen LogP contribution in [-0.4, -0.2) is 34.5 Å². The van der Waals surface area contributed by atoms with Gasteiger partial charge in [-0.1, -0.05) is 12.1 Å². The molecule has 0 atom stereocenters. The Kier molecular flexibility index (Phi) is 6.67. The first-order valence-corrected chi connectivity index (χ1v) is 7.93. The molecule has 2 rings (SSSR count). The number of carbonyl (C=O) groups is 1. The summed E-state index contributed by atoms with van der Waals surface area (Å²) in [4.78, 5) is 11.6. The number of ether oxygens (including phenoxy) is 4. The van der Waals surface area contributed by atoms with Crippen LogP contribution >= 0.6 is 0 Å². The highest BCUT2D eigenvalue weighted by atomic mass is 16.5. The van der Waals surface area contributed by atoms with Crippen molar-refractivity contribution in [2.75, 3.05) is 33.8 Å². The number of allylic oxidation sites excluding steroid dienone is 1. The van der Waals surface area contributed by atoms with Crippen molar-refractivity contribution in [3.8, 4) is 23.3 Å². The summed E-state index contributed by atoms with van der Waals surface area (Å²) in [6.45, 7) is 0. The summed E-state index contributed by atoms with van der Waals surface area (Å²) in [5.74, 6) is 1.59. The van der Waals surface area contributed by atoms with Gasteiger partial charge in [0.15, 0.2) is 11.5 Å². The minimum absolute atomic E-state index is 0.422. The standard InChI is InChI=1S/C20H20N2O5/c1-24-17-7-5-13(11-16(17)22-20(23)27-4)15(9-10-21)14-6-8-18(25-2)19(12-14)26-3/h5-9,11-12H,1-4H3,(H,22,23)/b15-9-. The highest BCUT2D eigenvalue weighted by molar-refractivity contribution is 5.90. The van der Waals surface area contributed by atoms with Crippen molar-refractivity contribution in [3.63, 3.8) is 0 Å². The molecule has 7 nitrogen and oxygen atoms in total. The molecule has 0 bridgehead atoms. The van der Waals surface area contributed by atoms with Crippen molar-refractivity contribution in [2.24, 2.45) is 0 Å². The van der Waals surface area contributed by atoms with Gasteiger partial charge >= 0.3 is 6.09 Å². The summed E-state index contributed by atoms with van der Waals surface area (Å²) in [6, 6.07) is 12.6. The number of nitrogens with zero attached hydrogens (tertiary/aromatic N) is 1. The maximum Gasteiger partial charge on any atom is 0.411 e. The van der Waals surface area contributed by atoms with E-state index in [9.17, 15) is 10.1 Å². The fourth-order valence-electron chi connectivity index (χ4n) is 2.54. The Labute approximate surface area is 157 Å². The summed E-state index contributed by atoms with van der Waals surface area (Å²) in [5.41, 5.74) is 2.53. The molecule has 0 fully saturated rings. The van der Waals surface area contributed by atoms with Crippen LogP contribution in [0.5, 0.6) is 17.2 Å². The lowest BCUT2D eigenvalue weighted by molar-refractivity contribution is 0.187. The molecule has 0 aliphatic rings. The smallest absolute Gasteiger partial charge is 0.411 e. The number of carbonyl (C=O) groups excluding carboxylic acids is 1. The van der Waals surface area contributed by atoms with E-state index >= 15 is 0 Å². The second kappa shape index (κ2) is 9.15. The van der Waals surface area contributed by atoms with Crippen LogP contribution in [0.25, 0.3) is 5.57 Å². The van der Waals surface area contributed by atoms with Gasteiger partial charge in [-0.05, 0) is 41.0 Å². The van der Waals surface area contributed by atoms with Crippen LogP contribution in [0.1, 0.15) is 11.1 Å². The molecule has 1 N–H and O–H groups in total. The van der Waals surface area contributed by atoms with Gasteiger partial charge < -0.3 is 18.9 Å². The van der Waals surface area contributed by atoms with E-state index in [4.69, 9.17) is 14.2 Å². The maximum atomic E-state index is 11.6. The first-order chi connectivity index (χ1) is 13.1. The zero-order chi connectivity index (χ0) is 19.8. The number of amides is 1. The van der Waals surface area contributed by atoms with Crippen LogP contribution in [0.3, 0.4) is 0 Å². The van der Waals surface area contributed by atoms with E-state index < -0.39 is 6.09 Å². The molecule has 0 radical (unpaired) electrons. The van der Waals surface area contributed by atoms with Gasteiger partial charge in [0.1, 0.15) is 5.75 Å². The Morgan fingerprint density at radius 2 is 1.52 bits per heavy atom. The average Bonchev–Trinajstić information content (AvgIpc) is 2.71. The number of rotatable bonds is 6. The number of methoxy groups -OCH3 is 4. The molecule has 2 aromatic carbocycles. The molecule has 2 aromatic rings. The number of hydrogen-bond acceptors (Lipinski definition) is 6. The summed E-state index contributed by atoms with van der Waals surface area (Å²) in [7, 11) is 5.87. The molecule has 0 aliphatic carbocycles. The second-order valence-electron chi connectivity index (χ2n) is 5.29. The maximum absolute atomic E-state index is 11.6. The average molecular weight is 368 g/mol. The first-order valence-electron chi connectivity index (χ1n) is 7.93. The molecule has 0 aliphatic heterocycles. The van der Waals surface area contributed by atoms with Crippen LogP contribution in [0.15, 0.2) is 42.5 Å². The molecule has 0 heterocycles. The summed E-state index contributed by atoms with van der Waals surface area (Å²) in [6.07, 6.45) is 0.799. The predicted octanol–water partition coefficient (Wildman–Crippen LogP) is 3.85. The molecular formula is C20H20N2O5. The van der Waals surface area contributed by atoms with Gasteiger partial charge in [-0.15, -0.1) is 0 Å². The lowest BCUT2D eigenvalue weighted by Crippen LogP contribution is -2.12. The molecule has 140 valence electrons. The molecule has 0 spiro atoms. The monoisotopic (exact) mass is 368 g/mol. The van der Waals surface area contributed by atoms with E-state index in [1.54, 1.807) is 44.6 Å². The van der Waals surface area contributed by atoms with Gasteiger partial charge in [-0.3, -0.25) is 5.32 Å². The van der Waals surface area contributed by atoms with Gasteiger partial charge in [0, 0.05) is 6.08 Å². The van der Waals surface area contributed by atoms with Gasteiger partial charge in [0.05, 0.1) is 40.2 Å². The SMILES string of the molecule is COC(=O)Nc1cc(/C(=C/C#N)c2ccc(OC)c(OC)c2)ccc1OC. The normalized spacial score (nSPS) is 10.6. The van der Waals surface area contributed by atoms with Gasteiger partial charge in [-0.2, -0.15) is 5.26 Å². The van der Waals surface area contributed by atoms with Crippen molar-refractivity contribution in [1.29, 1.82) is 5.26 Å². The van der Waals surface area contributed by atoms with Gasteiger partial charge in [0.2, 0.25) is 0 Å². The molecule has 0 aromatic heterocycles. The molecule has 27 heavy (non-hydrogen) atoms. The lowest BCUT2D eigenvalue weighted by atomic mass is 9.96. The molecule has 0 unspecified atom stereocenters. The highest BCUT2D eigenvalue weighted by Crippen LogP contribution is 2.35. The number of benzene rings is 2. The van der Waals surface area contributed by atoms with E-state index in [0.717, 1.165) is 5.56 Å². The quantitative estimate of drug-likeness (QED) is 0.779. The van der Waals surface area contributed by atoms with E-state index in [2.05, 4.69) is 16.1 Å². The largest absolute Gasteiger partial charge is 0.495 e. The minimum atomic E-state index is -0.623. The van der Waals surface area contributed by atoms with E-state index in [1.165, 1.54) is 20.3 Å². The molecular weight excluding hydrogens is 348 g/mol. The number of nitriles is 1. The summed E-state index contributed by atoms with van der Waals surface area (Å²) in [5, 5.41) is 11.8. The fraction of sp³-hybridized carbons (Fsp3) is 0.200. The minimum Gasteiger partial charge on any atom is -0.495 e. The molecule has 0 saturated heterocycles. The lowest BCUT2D eigenvalue weighted by Gasteiger charge is -2.15. The molecule has 1 amide bonds. The highest BCUT2D eigenvalue weighted by Gasteiger charge is 2.14. The van der Waals surface area contributed by atoms with Crippen LogP contribution in [0, 0.1) is 11.3 Å². The van der Waals surface area contributed by atoms with E-state index in [0.29, 0.717) is 34.1 Å². The molecule has 7 heteroatoms. The Morgan fingerprint density at radius 1 is 0.926 bits per heavy atom. The van der Waals surface area contributed by atoms with Crippen LogP contribution < -0.4 is 19.5 Å². The van der Waals surface area contributed by atoms with Crippen molar-refractivity contribution in [3.05, 3.63) is 53.6 Å². The predicted molar refractivity (Wildman–Crippen MR) is 101 cm³/mol. The van der Waals surface area contributed by atoms with Crippen LogP contribution in [-0.2, 0) is 4.74 Å². The Bertz CT molecular complexity index is 900. The third kappa shape index (κ3) is 4.50. The first kappa shape index (κ1) is 19.7. The number of anilines is 1. The Morgan fingerprint density at radius 3 is 2.07 bits per heavy atom. The zero-order valence-electron chi connectivity index (χ0n) is 15.5. The zero-order valence-corrected chi connectivity index (χ0v) is 15.5. The fourth-order valence-corrected chi connectivity index (χ4v) is 2.54. The van der Waals surface area contributed by atoms with Crippen molar-refractivity contribution in [2.45, 2.75) is 0 Å². The van der Waals surface area contributed by atoms with Crippen LogP contribution in [0.4, 0.5) is 10.5 Å². The summed E-state index contributed by atoms with van der Waals surface area (Å²) < 4.78 is 20.5. The van der Waals surface area contributed by atoms with Crippen molar-refractivity contribution >= 4 is 17.4 Å². The van der Waals surface area contributed by atoms with E-state index in [1.807, 2.05) is 6.07 Å².